The molecule has 6 nitrogen and oxygen atoms in total. The Bertz CT molecular complexity index is 1180. The monoisotopic (exact) mass is 426 g/mol. The van der Waals surface area contributed by atoms with Gasteiger partial charge in [-0.3, -0.25) is 9.20 Å². The fourth-order valence-electron chi connectivity index (χ4n) is 2.89. The third kappa shape index (κ3) is 3.47. The smallest absolute Gasteiger partial charge is 0.279 e. The molecule has 0 saturated carbocycles. The standard InChI is InChI=1S/C20H19BrN4O2/c1-12(2)9-10-27-15-6-4-3-5-14(15)18-23-19-17(20(26)24-18)22-16-8-7-13(21)11-25(16)19/h3-8,11-12H,9-10H2,1-2H3,(H,23,24,26). The summed E-state index contributed by atoms with van der Waals surface area (Å²) in [7, 11) is 0. The SMILES string of the molecule is CC(C)CCOc1ccccc1-c1nc2c(nc3ccc(Br)cn32)c(=O)[nH]1. The zero-order valence-electron chi connectivity index (χ0n) is 15.1. The third-order valence-electron chi connectivity index (χ3n) is 4.32. The average Bonchev–Trinajstić information content (AvgIpc) is 3.00. The van der Waals surface area contributed by atoms with Gasteiger partial charge in [-0.05, 0) is 52.5 Å². The highest BCUT2D eigenvalue weighted by atomic mass is 79.9. The summed E-state index contributed by atoms with van der Waals surface area (Å²) in [6.07, 6.45) is 2.81. The van der Waals surface area contributed by atoms with Gasteiger partial charge in [-0.25, -0.2) is 9.97 Å². The molecule has 0 aliphatic heterocycles. The fourth-order valence-corrected chi connectivity index (χ4v) is 3.22. The minimum atomic E-state index is -0.271. The summed E-state index contributed by atoms with van der Waals surface area (Å²) in [5.74, 6) is 1.73. The molecule has 0 aliphatic carbocycles. The first kappa shape index (κ1) is 17.7. The van der Waals surface area contributed by atoms with Crippen molar-refractivity contribution < 1.29 is 4.74 Å². The van der Waals surface area contributed by atoms with E-state index in [1.807, 2.05) is 42.6 Å². The van der Waals surface area contributed by atoms with Crippen LogP contribution in [-0.4, -0.2) is 26.0 Å². The van der Waals surface area contributed by atoms with Gasteiger partial charge in [0, 0.05) is 10.7 Å². The van der Waals surface area contributed by atoms with Gasteiger partial charge in [0.1, 0.15) is 17.2 Å². The van der Waals surface area contributed by atoms with Gasteiger partial charge < -0.3 is 9.72 Å². The van der Waals surface area contributed by atoms with Crippen LogP contribution in [0, 0.1) is 5.92 Å². The molecule has 0 bridgehead atoms. The number of H-pyrrole nitrogens is 1. The Labute approximate surface area is 164 Å². The maximum absolute atomic E-state index is 12.6. The molecule has 4 rings (SSSR count). The first-order valence-corrected chi connectivity index (χ1v) is 9.62. The molecule has 0 aliphatic rings. The third-order valence-corrected chi connectivity index (χ3v) is 4.79. The van der Waals surface area contributed by atoms with Crippen molar-refractivity contribution in [2.75, 3.05) is 6.61 Å². The highest BCUT2D eigenvalue weighted by molar-refractivity contribution is 9.10. The number of nitrogens with zero attached hydrogens (tertiary/aromatic N) is 3. The molecule has 0 saturated heterocycles. The van der Waals surface area contributed by atoms with Gasteiger partial charge >= 0.3 is 0 Å². The first-order valence-electron chi connectivity index (χ1n) is 8.83. The summed E-state index contributed by atoms with van der Waals surface area (Å²) < 4.78 is 8.64. The van der Waals surface area contributed by atoms with Crippen LogP contribution in [0.15, 0.2) is 51.9 Å². The summed E-state index contributed by atoms with van der Waals surface area (Å²) >= 11 is 3.45. The molecule has 0 fully saturated rings. The van der Waals surface area contributed by atoms with E-state index < -0.39 is 0 Å². The fraction of sp³-hybridized carbons (Fsp3) is 0.250. The number of rotatable bonds is 5. The lowest BCUT2D eigenvalue weighted by Crippen LogP contribution is -2.11. The van der Waals surface area contributed by atoms with E-state index in [9.17, 15) is 4.79 Å². The summed E-state index contributed by atoms with van der Waals surface area (Å²) in [5, 5.41) is 0. The second kappa shape index (κ2) is 7.15. The Hall–Kier alpha value is -2.67. The predicted octanol–water partition coefficient (Wildman–Crippen LogP) is 4.43. The summed E-state index contributed by atoms with van der Waals surface area (Å²) in [5.41, 5.74) is 1.99. The number of aromatic amines is 1. The molecular formula is C20H19BrN4O2. The van der Waals surface area contributed by atoms with Crippen LogP contribution in [0.3, 0.4) is 0 Å². The number of halogens is 1. The maximum atomic E-state index is 12.6. The number of para-hydroxylation sites is 1. The van der Waals surface area contributed by atoms with Crippen molar-refractivity contribution in [2.45, 2.75) is 20.3 Å². The number of imidazole rings is 1. The van der Waals surface area contributed by atoms with Gasteiger partial charge in [0.25, 0.3) is 5.56 Å². The van der Waals surface area contributed by atoms with Crippen LogP contribution in [0.4, 0.5) is 0 Å². The van der Waals surface area contributed by atoms with Crippen LogP contribution >= 0.6 is 15.9 Å². The number of pyridine rings is 1. The molecule has 3 heterocycles. The van der Waals surface area contributed by atoms with Crippen LogP contribution in [0.1, 0.15) is 20.3 Å². The molecule has 0 unspecified atom stereocenters. The Morgan fingerprint density at radius 2 is 2.00 bits per heavy atom. The molecule has 0 atom stereocenters. The number of fused-ring (bicyclic) bond motifs is 3. The molecule has 0 radical (unpaired) electrons. The van der Waals surface area contributed by atoms with E-state index in [0.29, 0.717) is 40.9 Å². The zero-order valence-corrected chi connectivity index (χ0v) is 16.7. The van der Waals surface area contributed by atoms with Crippen molar-refractivity contribution in [3.63, 3.8) is 0 Å². The van der Waals surface area contributed by atoms with E-state index in [-0.39, 0.29) is 5.56 Å². The van der Waals surface area contributed by atoms with Crippen LogP contribution in [0.2, 0.25) is 0 Å². The molecule has 3 aromatic heterocycles. The first-order chi connectivity index (χ1) is 13.0. The summed E-state index contributed by atoms with van der Waals surface area (Å²) in [6.45, 7) is 4.93. The van der Waals surface area contributed by atoms with Crippen molar-refractivity contribution in [3.05, 3.63) is 57.4 Å². The Morgan fingerprint density at radius 1 is 1.19 bits per heavy atom. The zero-order chi connectivity index (χ0) is 19.0. The normalized spacial score (nSPS) is 11.6. The van der Waals surface area contributed by atoms with Gasteiger partial charge in [-0.2, -0.15) is 0 Å². The van der Waals surface area contributed by atoms with Gasteiger partial charge in [-0.15, -0.1) is 0 Å². The molecule has 27 heavy (non-hydrogen) atoms. The number of hydrogen-bond acceptors (Lipinski definition) is 4. The van der Waals surface area contributed by atoms with E-state index in [1.165, 1.54) is 0 Å². The van der Waals surface area contributed by atoms with Crippen LogP contribution in [0.25, 0.3) is 28.2 Å². The largest absolute Gasteiger partial charge is 0.493 e. The van der Waals surface area contributed by atoms with Crippen molar-refractivity contribution in [3.8, 4) is 17.1 Å². The average molecular weight is 427 g/mol. The van der Waals surface area contributed by atoms with Crippen LogP contribution in [0.5, 0.6) is 5.75 Å². The summed E-state index contributed by atoms with van der Waals surface area (Å²) in [4.78, 5) is 24.5. The topological polar surface area (TPSA) is 72.3 Å². The Kier molecular flexibility index (Phi) is 4.70. The quantitative estimate of drug-likeness (QED) is 0.512. The maximum Gasteiger partial charge on any atom is 0.279 e. The number of aromatic nitrogens is 4. The lowest BCUT2D eigenvalue weighted by atomic mass is 10.1. The highest BCUT2D eigenvalue weighted by Gasteiger charge is 2.15. The minimum absolute atomic E-state index is 0.271. The van der Waals surface area contributed by atoms with Crippen molar-refractivity contribution >= 4 is 32.7 Å². The molecule has 0 spiro atoms. The van der Waals surface area contributed by atoms with E-state index in [2.05, 4.69) is 44.7 Å². The molecule has 1 N–H and O–H groups in total. The van der Waals surface area contributed by atoms with Crippen molar-refractivity contribution in [1.82, 2.24) is 19.4 Å². The van der Waals surface area contributed by atoms with Crippen molar-refractivity contribution in [1.29, 1.82) is 0 Å². The van der Waals surface area contributed by atoms with E-state index in [4.69, 9.17) is 4.74 Å². The lowest BCUT2D eigenvalue weighted by Gasteiger charge is -2.12. The second-order valence-corrected chi connectivity index (χ2v) is 7.72. The summed E-state index contributed by atoms with van der Waals surface area (Å²) in [6, 6.07) is 11.3. The highest BCUT2D eigenvalue weighted by Crippen LogP contribution is 2.28. The Balaban J connectivity index is 1.84. The Morgan fingerprint density at radius 3 is 2.81 bits per heavy atom. The van der Waals surface area contributed by atoms with Crippen LogP contribution < -0.4 is 10.3 Å². The minimum Gasteiger partial charge on any atom is -0.493 e. The van der Waals surface area contributed by atoms with Gasteiger partial charge in [0.15, 0.2) is 11.2 Å². The van der Waals surface area contributed by atoms with E-state index >= 15 is 0 Å². The molecular weight excluding hydrogens is 408 g/mol. The molecule has 0 amide bonds. The lowest BCUT2D eigenvalue weighted by molar-refractivity contribution is 0.290. The molecule has 4 aromatic rings. The second-order valence-electron chi connectivity index (χ2n) is 6.80. The van der Waals surface area contributed by atoms with Gasteiger partial charge in [0.05, 0.1) is 12.2 Å². The number of benzene rings is 1. The number of ether oxygens (including phenoxy) is 1. The number of nitrogens with one attached hydrogen (secondary N) is 1. The van der Waals surface area contributed by atoms with Gasteiger partial charge in [-0.1, -0.05) is 26.0 Å². The number of hydrogen-bond donors (Lipinski definition) is 1. The van der Waals surface area contributed by atoms with Gasteiger partial charge in [0.2, 0.25) is 0 Å². The van der Waals surface area contributed by atoms with Crippen LogP contribution in [-0.2, 0) is 0 Å². The predicted molar refractivity (Wildman–Crippen MR) is 109 cm³/mol. The molecule has 138 valence electrons. The van der Waals surface area contributed by atoms with E-state index in [1.54, 1.807) is 4.40 Å². The van der Waals surface area contributed by atoms with E-state index in [0.717, 1.165) is 16.5 Å². The molecule has 7 heteroatoms. The molecule has 1 aromatic carbocycles. The van der Waals surface area contributed by atoms with Crippen molar-refractivity contribution in [2.24, 2.45) is 5.92 Å².